The molecular weight excluding hydrogens is 256 g/mol. The molecule has 0 spiro atoms. The summed E-state index contributed by atoms with van der Waals surface area (Å²) in [4.78, 5) is 6.10. The summed E-state index contributed by atoms with van der Waals surface area (Å²) in [6, 6.07) is 8.40. The van der Waals surface area contributed by atoms with Crippen LogP contribution in [0.3, 0.4) is 0 Å². The molecule has 3 heterocycles. The standard InChI is InChI=1S/C15H14N2OS/c1-9-2-3-12-11(8-9)17-15(18-12)14-10-5-7-19-13(10)4-6-16-14/h2-3,5,7-8,14,16H,4,6H2,1H3. The van der Waals surface area contributed by atoms with Crippen molar-refractivity contribution in [2.24, 2.45) is 0 Å². The zero-order chi connectivity index (χ0) is 12.8. The Morgan fingerprint density at radius 1 is 1.37 bits per heavy atom. The van der Waals surface area contributed by atoms with Crippen LogP contribution in [0.15, 0.2) is 34.1 Å². The van der Waals surface area contributed by atoms with E-state index < -0.39 is 0 Å². The van der Waals surface area contributed by atoms with Crippen LogP contribution in [0.5, 0.6) is 0 Å². The molecule has 0 saturated carbocycles. The van der Waals surface area contributed by atoms with Crippen molar-refractivity contribution in [2.45, 2.75) is 19.4 Å². The average molecular weight is 270 g/mol. The maximum atomic E-state index is 5.92. The second-order valence-electron chi connectivity index (χ2n) is 4.96. The van der Waals surface area contributed by atoms with Gasteiger partial charge in [-0.1, -0.05) is 6.07 Å². The van der Waals surface area contributed by atoms with E-state index in [1.54, 1.807) is 0 Å². The first kappa shape index (κ1) is 11.2. The van der Waals surface area contributed by atoms with Crippen LogP contribution in [-0.2, 0) is 6.42 Å². The van der Waals surface area contributed by atoms with Crippen LogP contribution in [-0.4, -0.2) is 11.5 Å². The first-order chi connectivity index (χ1) is 9.31. The topological polar surface area (TPSA) is 38.1 Å². The van der Waals surface area contributed by atoms with Gasteiger partial charge in [-0.3, -0.25) is 0 Å². The highest BCUT2D eigenvalue weighted by atomic mass is 32.1. The summed E-state index contributed by atoms with van der Waals surface area (Å²) in [6.07, 6.45) is 1.10. The lowest BCUT2D eigenvalue weighted by molar-refractivity contribution is 0.442. The highest BCUT2D eigenvalue weighted by Gasteiger charge is 2.26. The lowest BCUT2D eigenvalue weighted by atomic mass is 10.0. The van der Waals surface area contributed by atoms with Crippen LogP contribution in [0.4, 0.5) is 0 Å². The molecule has 2 aromatic heterocycles. The van der Waals surface area contributed by atoms with Crippen molar-refractivity contribution in [3.63, 3.8) is 0 Å². The minimum Gasteiger partial charge on any atom is -0.439 e. The summed E-state index contributed by atoms with van der Waals surface area (Å²) >= 11 is 1.82. The summed E-state index contributed by atoms with van der Waals surface area (Å²) in [5, 5.41) is 5.65. The molecular formula is C15H14N2OS. The van der Waals surface area contributed by atoms with E-state index in [2.05, 4.69) is 40.8 Å². The quantitative estimate of drug-likeness (QED) is 0.736. The van der Waals surface area contributed by atoms with Crippen molar-refractivity contribution in [1.29, 1.82) is 0 Å². The number of aromatic nitrogens is 1. The smallest absolute Gasteiger partial charge is 0.217 e. The van der Waals surface area contributed by atoms with Gasteiger partial charge >= 0.3 is 0 Å². The van der Waals surface area contributed by atoms with E-state index in [1.165, 1.54) is 16.0 Å². The van der Waals surface area contributed by atoms with Gasteiger partial charge in [0.25, 0.3) is 0 Å². The fourth-order valence-corrected chi connectivity index (χ4v) is 3.57. The third-order valence-electron chi connectivity index (χ3n) is 3.60. The highest BCUT2D eigenvalue weighted by Crippen LogP contribution is 2.33. The lowest BCUT2D eigenvalue weighted by Gasteiger charge is -2.21. The molecule has 3 aromatic rings. The van der Waals surface area contributed by atoms with Gasteiger partial charge in [0.1, 0.15) is 11.6 Å². The SMILES string of the molecule is Cc1ccc2oc(C3NCCc4sccc43)nc2c1. The van der Waals surface area contributed by atoms with Crippen LogP contribution in [0.1, 0.15) is 27.9 Å². The Morgan fingerprint density at radius 3 is 3.26 bits per heavy atom. The highest BCUT2D eigenvalue weighted by molar-refractivity contribution is 7.10. The molecule has 1 aliphatic rings. The third kappa shape index (κ3) is 1.79. The second kappa shape index (κ2) is 4.18. The van der Waals surface area contributed by atoms with Gasteiger partial charge in [0, 0.05) is 11.4 Å². The molecule has 4 rings (SSSR count). The van der Waals surface area contributed by atoms with Gasteiger partial charge in [-0.2, -0.15) is 0 Å². The Bertz CT molecular complexity index is 744. The lowest BCUT2D eigenvalue weighted by Crippen LogP contribution is -2.29. The molecule has 1 unspecified atom stereocenters. The van der Waals surface area contributed by atoms with Crippen molar-refractivity contribution in [2.75, 3.05) is 6.54 Å². The summed E-state index contributed by atoms with van der Waals surface area (Å²) < 4.78 is 5.92. The van der Waals surface area contributed by atoms with Gasteiger partial charge in [-0.15, -0.1) is 11.3 Å². The Hall–Kier alpha value is -1.65. The van der Waals surface area contributed by atoms with E-state index in [4.69, 9.17) is 4.42 Å². The van der Waals surface area contributed by atoms with E-state index in [0.29, 0.717) is 0 Å². The number of hydrogen-bond donors (Lipinski definition) is 1. The molecule has 0 radical (unpaired) electrons. The predicted molar refractivity (Wildman–Crippen MR) is 76.6 cm³/mol. The minimum atomic E-state index is 0.0997. The molecule has 4 heteroatoms. The monoisotopic (exact) mass is 270 g/mol. The molecule has 1 atom stereocenters. The van der Waals surface area contributed by atoms with Crippen LogP contribution in [0.25, 0.3) is 11.1 Å². The maximum Gasteiger partial charge on any atom is 0.217 e. The first-order valence-corrected chi connectivity index (χ1v) is 7.36. The molecule has 0 aliphatic carbocycles. The van der Waals surface area contributed by atoms with Crippen LogP contribution >= 0.6 is 11.3 Å². The van der Waals surface area contributed by atoms with E-state index in [0.717, 1.165) is 30.0 Å². The number of oxazole rings is 1. The molecule has 0 fully saturated rings. The number of thiophene rings is 1. The summed E-state index contributed by atoms with van der Waals surface area (Å²) in [7, 11) is 0. The summed E-state index contributed by atoms with van der Waals surface area (Å²) in [5.41, 5.74) is 4.34. The van der Waals surface area contributed by atoms with Gasteiger partial charge in [-0.05, 0) is 48.1 Å². The largest absolute Gasteiger partial charge is 0.439 e. The van der Waals surface area contributed by atoms with E-state index in [1.807, 2.05) is 17.4 Å². The average Bonchev–Trinajstić information content (AvgIpc) is 3.03. The Kier molecular flexibility index (Phi) is 2.47. The molecule has 1 aromatic carbocycles. The van der Waals surface area contributed by atoms with Crippen LogP contribution in [0, 0.1) is 6.92 Å². The van der Waals surface area contributed by atoms with Gasteiger partial charge < -0.3 is 9.73 Å². The zero-order valence-corrected chi connectivity index (χ0v) is 11.5. The number of aryl methyl sites for hydroxylation is 1. The van der Waals surface area contributed by atoms with Crippen molar-refractivity contribution in [3.8, 4) is 0 Å². The molecule has 19 heavy (non-hydrogen) atoms. The van der Waals surface area contributed by atoms with E-state index >= 15 is 0 Å². The maximum absolute atomic E-state index is 5.92. The summed E-state index contributed by atoms with van der Waals surface area (Å²) in [6.45, 7) is 3.06. The van der Waals surface area contributed by atoms with Crippen LogP contribution in [0.2, 0.25) is 0 Å². The zero-order valence-electron chi connectivity index (χ0n) is 10.6. The number of fused-ring (bicyclic) bond motifs is 2. The molecule has 96 valence electrons. The second-order valence-corrected chi connectivity index (χ2v) is 5.96. The Morgan fingerprint density at radius 2 is 2.32 bits per heavy atom. The van der Waals surface area contributed by atoms with Gasteiger partial charge in [0.05, 0.1) is 0 Å². The van der Waals surface area contributed by atoms with Gasteiger partial charge in [0.2, 0.25) is 5.89 Å². The fourth-order valence-electron chi connectivity index (χ4n) is 2.65. The summed E-state index contributed by atoms with van der Waals surface area (Å²) in [5.74, 6) is 0.778. The molecule has 0 saturated heterocycles. The van der Waals surface area contributed by atoms with Crippen molar-refractivity contribution in [1.82, 2.24) is 10.3 Å². The Balaban J connectivity index is 1.83. The van der Waals surface area contributed by atoms with E-state index in [9.17, 15) is 0 Å². The number of nitrogens with one attached hydrogen (secondary N) is 1. The Labute approximate surface area is 115 Å². The van der Waals surface area contributed by atoms with Crippen molar-refractivity contribution < 1.29 is 4.42 Å². The minimum absolute atomic E-state index is 0.0997. The predicted octanol–water partition coefficient (Wildman–Crippen LogP) is 3.43. The fraction of sp³-hybridized carbons (Fsp3) is 0.267. The number of hydrogen-bond acceptors (Lipinski definition) is 4. The molecule has 0 amide bonds. The molecule has 3 nitrogen and oxygen atoms in total. The van der Waals surface area contributed by atoms with Gasteiger partial charge in [0.15, 0.2) is 5.58 Å². The number of benzene rings is 1. The van der Waals surface area contributed by atoms with E-state index in [-0.39, 0.29) is 6.04 Å². The van der Waals surface area contributed by atoms with Crippen LogP contribution < -0.4 is 5.32 Å². The van der Waals surface area contributed by atoms with Crippen molar-refractivity contribution >= 4 is 22.4 Å². The van der Waals surface area contributed by atoms with Crippen molar-refractivity contribution in [3.05, 3.63) is 51.5 Å². The van der Waals surface area contributed by atoms with Gasteiger partial charge in [-0.25, -0.2) is 4.98 Å². The molecule has 1 N–H and O–H groups in total. The number of rotatable bonds is 1. The molecule has 1 aliphatic heterocycles. The third-order valence-corrected chi connectivity index (χ3v) is 4.59. The normalized spacial score (nSPS) is 18.7. The first-order valence-electron chi connectivity index (χ1n) is 6.48. The molecule has 0 bridgehead atoms. The number of nitrogens with zero attached hydrogens (tertiary/aromatic N) is 1.